The smallest absolute Gasteiger partial charge is 0.341 e. The van der Waals surface area contributed by atoms with Gasteiger partial charge in [0.15, 0.2) is 6.61 Å². The van der Waals surface area contributed by atoms with Gasteiger partial charge in [0, 0.05) is 37.4 Å². The molecule has 1 saturated heterocycles. The molecule has 0 amide bonds. The molecule has 1 aliphatic heterocycles. The number of nitrogens with zero attached hydrogens (tertiary/aromatic N) is 3. The van der Waals surface area contributed by atoms with E-state index in [1.54, 1.807) is 0 Å². The van der Waals surface area contributed by atoms with E-state index in [9.17, 15) is 4.79 Å². The molecular weight excluding hydrogens is 330 g/mol. The molecule has 3 rings (SSSR count). The predicted molar refractivity (Wildman–Crippen MR) is 101 cm³/mol. The van der Waals surface area contributed by atoms with E-state index in [4.69, 9.17) is 9.84 Å². The summed E-state index contributed by atoms with van der Waals surface area (Å²) in [6.45, 7) is 2.36. The summed E-state index contributed by atoms with van der Waals surface area (Å²) in [6, 6.07) is 14.1. The molecule has 0 radical (unpaired) electrons. The molecule has 1 aliphatic rings. The van der Waals surface area contributed by atoms with Crippen molar-refractivity contribution in [2.75, 3.05) is 31.6 Å². The number of aliphatic carboxylic acids is 1. The fourth-order valence-corrected chi connectivity index (χ4v) is 3.38. The first-order valence-corrected chi connectivity index (χ1v) is 8.92. The van der Waals surface area contributed by atoms with E-state index < -0.39 is 5.97 Å². The first-order chi connectivity index (χ1) is 12.6. The second-order valence-electron chi connectivity index (χ2n) is 6.64. The van der Waals surface area contributed by atoms with Crippen molar-refractivity contribution in [2.45, 2.75) is 25.4 Å². The molecule has 0 bridgehead atoms. The third-order valence-corrected chi connectivity index (χ3v) is 4.74. The maximum absolute atomic E-state index is 10.8. The van der Waals surface area contributed by atoms with Crippen LogP contribution in [0.2, 0.25) is 0 Å². The topological polar surface area (TPSA) is 65.9 Å². The van der Waals surface area contributed by atoms with Gasteiger partial charge in [-0.05, 0) is 38.1 Å². The lowest BCUT2D eigenvalue weighted by molar-refractivity contribution is -0.139. The molecule has 1 atom stereocenters. The molecule has 0 saturated carbocycles. The third kappa shape index (κ3) is 4.73. The zero-order chi connectivity index (χ0) is 18.4. The number of hydrogen-bond acceptors (Lipinski definition) is 5. The van der Waals surface area contributed by atoms with Crippen molar-refractivity contribution < 1.29 is 14.6 Å². The van der Waals surface area contributed by atoms with Crippen LogP contribution in [0.25, 0.3) is 0 Å². The van der Waals surface area contributed by atoms with Crippen LogP contribution in [0, 0.1) is 0 Å². The third-order valence-electron chi connectivity index (χ3n) is 4.74. The summed E-state index contributed by atoms with van der Waals surface area (Å²) < 4.78 is 5.43. The molecule has 0 unspecified atom stereocenters. The SMILES string of the molecule is CN(Cc1ccccc1OCC(=O)O)[C@H]1CCCN(c2ccccn2)C1. The minimum Gasteiger partial charge on any atom is -0.482 e. The number of aromatic nitrogens is 1. The van der Waals surface area contributed by atoms with E-state index in [-0.39, 0.29) is 6.61 Å². The predicted octanol–water partition coefficient (Wildman–Crippen LogP) is 2.65. The van der Waals surface area contributed by atoms with Gasteiger partial charge in [-0.1, -0.05) is 24.3 Å². The van der Waals surface area contributed by atoms with Crippen LogP contribution in [0.1, 0.15) is 18.4 Å². The minimum atomic E-state index is -0.966. The Bertz CT molecular complexity index is 723. The highest BCUT2D eigenvalue weighted by Crippen LogP contribution is 2.24. The number of pyridine rings is 1. The van der Waals surface area contributed by atoms with Crippen LogP contribution in [0.4, 0.5) is 5.82 Å². The van der Waals surface area contributed by atoms with Crippen LogP contribution in [0.15, 0.2) is 48.7 Å². The Balaban J connectivity index is 1.64. The molecule has 2 heterocycles. The Labute approximate surface area is 154 Å². The molecule has 1 N–H and O–H groups in total. The van der Waals surface area contributed by atoms with Crippen molar-refractivity contribution in [2.24, 2.45) is 0 Å². The van der Waals surface area contributed by atoms with E-state index in [1.807, 2.05) is 42.6 Å². The van der Waals surface area contributed by atoms with E-state index >= 15 is 0 Å². The summed E-state index contributed by atoms with van der Waals surface area (Å²) in [7, 11) is 2.11. The van der Waals surface area contributed by atoms with Crippen LogP contribution in [0.3, 0.4) is 0 Å². The number of hydrogen-bond donors (Lipinski definition) is 1. The van der Waals surface area contributed by atoms with Gasteiger partial charge in [-0.3, -0.25) is 4.90 Å². The van der Waals surface area contributed by atoms with Crippen molar-refractivity contribution >= 4 is 11.8 Å². The van der Waals surface area contributed by atoms with E-state index in [0.29, 0.717) is 11.8 Å². The highest BCUT2D eigenvalue weighted by atomic mass is 16.5. The van der Waals surface area contributed by atoms with Gasteiger partial charge in [0.1, 0.15) is 11.6 Å². The fourth-order valence-electron chi connectivity index (χ4n) is 3.38. The minimum absolute atomic E-state index is 0.322. The molecule has 1 fully saturated rings. The number of benzene rings is 1. The number of carboxylic acids is 1. The quantitative estimate of drug-likeness (QED) is 0.824. The Morgan fingerprint density at radius 2 is 2.12 bits per heavy atom. The maximum Gasteiger partial charge on any atom is 0.341 e. The molecule has 0 aliphatic carbocycles. The average Bonchev–Trinajstić information content (AvgIpc) is 2.68. The van der Waals surface area contributed by atoms with Gasteiger partial charge in [-0.2, -0.15) is 0 Å². The number of carbonyl (C=O) groups is 1. The van der Waals surface area contributed by atoms with Crippen LogP contribution in [-0.4, -0.2) is 53.7 Å². The van der Waals surface area contributed by atoms with Crippen molar-refractivity contribution in [3.05, 3.63) is 54.2 Å². The summed E-state index contributed by atoms with van der Waals surface area (Å²) in [5.74, 6) is 0.696. The Morgan fingerprint density at radius 3 is 2.88 bits per heavy atom. The monoisotopic (exact) mass is 355 g/mol. The normalized spacial score (nSPS) is 17.3. The molecule has 26 heavy (non-hydrogen) atoms. The standard InChI is InChI=1S/C20H25N3O3/c1-22(13-16-7-2-3-9-18(16)26-15-20(24)25)17-8-6-12-23(14-17)19-10-4-5-11-21-19/h2-5,7,9-11,17H,6,8,12-15H2,1H3,(H,24,25)/t17-/m0/s1. The number of ether oxygens (including phenoxy) is 1. The van der Waals surface area contributed by atoms with Gasteiger partial charge in [0.05, 0.1) is 0 Å². The lowest BCUT2D eigenvalue weighted by Crippen LogP contribution is -2.46. The summed E-state index contributed by atoms with van der Waals surface area (Å²) in [4.78, 5) is 19.9. The van der Waals surface area contributed by atoms with Crippen molar-refractivity contribution in [3.63, 3.8) is 0 Å². The average molecular weight is 355 g/mol. The van der Waals surface area contributed by atoms with Gasteiger partial charge in [0.2, 0.25) is 0 Å². The largest absolute Gasteiger partial charge is 0.482 e. The first kappa shape index (κ1) is 18.2. The van der Waals surface area contributed by atoms with E-state index in [2.05, 4.69) is 27.9 Å². The summed E-state index contributed by atoms with van der Waals surface area (Å²) in [5, 5.41) is 8.84. The highest BCUT2D eigenvalue weighted by Gasteiger charge is 2.24. The Morgan fingerprint density at radius 1 is 1.31 bits per heavy atom. The molecule has 2 aromatic rings. The molecule has 138 valence electrons. The van der Waals surface area contributed by atoms with Crippen LogP contribution < -0.4 is 9.64 Å². The maximum atomic E-state index is 10.8. The molecule has 1 aromatic carbocycles. The van der Waals surface area contributed by atoms with Crippen LogP contribution >= 0.6 is 0 Å². The van der Waals surface area contributed by atoms with Gasteiger partial charge < -0.3 is 14.7 Å². The summed E-state index contributed by atoms with van der Waals surface area (Å²) >= 11 is 0. The molecular formula is C20H25N3O3. The zero-order valence-electron chi connectivity index (χ0n) is 15.0. The first-order valence-electron chi connectivity index (χ1n) is 8.92. The van der Waals surface area contributed by atoms with Crippen molar-refractivity contribution in [1.29, 1.82) is 0 Å². The summed E-state index contributed by atoms with van der Waals surface area (Å²) in [6.07, 6.45) is 4.10. The van der Waals surface area contributed by atoms with Crippen molar-refractivity contribution in [1.82, 2.24) is 9.88 Å². The second kappa shape index (κ2) is 8.67. The fraction of sp³-hybridized carbons (Fsp3) is 0.400. The highest BCUT2D eigenvalue weighted by molar-refractivity contribution is 5.68. The van der Waals surface area contributed by atoms with Crippen molar-refractivity contribution in [3.8, 4) is 5.75 Å². The summed E-state index contributed by atoms with van der Waals surface area (Å²) in [5.41, 5.74) is 1.01. The second-order valence-corrected chi connectivity index (χ2v) is 6.64. The number of rotatable bonds is 7. The van der Waals surface area contributed by atoms with Gasteiger partial charge in [-0.25, -0.2) is 9.78 Å². The lowest BCUT2D eigenvalue weighted by Gasteiger charge is -2.38. The molecule has 6 heteroatoms. The molecule has 6 nitrogen and oxygen atoms in total. The van der Waals surface area contributed by atoms with E-state index in [0.717, 1.165) is 43.9 Å². The molecule has 0 spiro atoms. The number of carboxylic acid groups (broad SMARTS) is 1. The van der Waals surface area contributed by atoms with Gasteiger partial charge in [-0.15, -0.1) is 0 Å². The van der Waals surface area contributed by atoms with Crippen LogP contribution in [0.5, 0.6) is 5.75 Å². The van der Waals surface area contributed by atoms with Gasteiger partial charge >= 0.3 is 5.97 Å². The number of likely N-dealkylation sites (N-methyl/N-ethyl adjacent to an activating group) is 1. The Hall–Kier alpha value is -2.60. The van der Waals surface area contributed by atoms with E-state index in [1.165, 1.54) is 0 Å². The van der Waals surface area contributed by atoms with Gasteiger partial charge in [0.25, 0.3) is 0 Å². The molecule has 1 aromatic heterocycles. The number of anilines is 1. The number of piperidine rings is 1. The zero-order valence-corrected chi connectivity index (χ0v) is 15.0. The van der Waals surface area contributed by atoms with Crippen LogP contribution in [-0.2, 0) is 11.3 Å². The Kier molecular flexibility index (Phi) is 6.07. The number of para-hydroxylation sites is 1. The lowest BCUT2D eigenvalue weighted by atomic mass is 10.0.